The number of thiazole rings is 1. The highest BCUT2D eigenvalue weighted by atomic mass is 35.5. The average Bonchev–Trinajstić information content (AvgIpc) is 2.81. The van der Waals surface area contributed by atoms with Crippen molar-refractivity contribution in [1.82, 2.24) is 10.3 Å². The van der Waals surface area contributed by atoms with Crippen LogP contribution in [0.2, 0.25) is 5.02 Å². The number of likely N-dealkylation sites (N-methyl/N-ethyl adjacent to an activating group) is 1. The normalized spacial score (nSPS) is 12.6. The largest absolute Gasteiger partial charge is 0.310 e. The second-order valence-corrected chi connectivity index (χ2v) is 5.36. The Bertz CT molecular complexity index is 502. The maximum atomic E-state index is 13.9. The number of benzene rings is 1. The van der Waals surface area contributed by atoms with Crippen molar-refractivity contribution in [2.24, 2.45) is 0 Å². The van der Waals surface area contributed by atoms with Gasteiger partial charge in [0.15, 0.2) is 0 Å². The lowest BCUT2D eigenvalue weighted by Crippen LogP contribution is -2.23. The maximum absolute atomic E-state index is 13.9. The van der Waals surface area contributed by atoms with Crippen LogP contribution in [-0.2, 0) is 6.42 Å². The van der Waals surface area contributed by atoms with E-state index in [0.717, 1.165) is 17.8 Å². The molecule has 0 aliphatic heterocycles. The molecule has 1 aromatic carbocycles. The minimum atomic E-state index is -0.266. The molecule has 1 aromatic heterocycles. The van der Waals surface area contributed by atoms with Crippen molar-refractivity contribution in [3.05, 3.63) is 51.2 Å². The van der Waals surface area contributed by atoms with Crippen LogP contribution in [0.4, 0.5) is 4.39 Å². The summed E-state index contributed by atoms with van der Waals surface area (Å²) in [5.74, 6) is -0.266. The van der Waals surface area contributed by atoms with Crippen LogP contribution in [0.25, 0.3) is 0 Å². The van der Waals surface area contributed by atoms with Gasteiger partial charge in [-0.3, -0.25) is 4.98 Å². The molecule has 5 heteroatoms. The van der Waals surface area contributed by atoms with Crippen molar-refractivity contribution < 1.29 is 4.39 Å². The fraction of sp³-hybridized carbons (Fsp3) is 0.308. The first kappa shape index (κ1) is 13.5. The first-order valence-electron chi connectivity index (χ1n) is 5.76. The minimum Gasteiger partial charge on any atom is -0.310 e. The molecule has 1 unspecified atom stereocenters. The van der Waals surface area contributed by atoms with Gasteiger partial charge in [-0.2, -0.15) is 0 Å². The van der Waals surface area contributed by atoms with Crippen LogP contribution < -0.4 is 5.32 Å². The molecule has 1 N–H and O–H groups in total. The molecule has 0 saturated carbocycles. The van der Waals surface area contributed by atoms with Crippen molar-refractivity contribution >= 4 is 22.9 Å². The Morgan fingerprint density at radius 3 is 2.94 bits per heavy atom. The van der Waals surface area contributed by atoms with E-state index in [1.807, 2.05) is 13.1 Å². The highest BCUT2D eigenvalue weighted by Gasteiger charge is 2.16. The van der Waals surface area contributed by atoms with Gasteiger partial charge in [0.2, 0.25) is 0 Å². The van der Waals surface area contributed by atoms with Gasteiger partial charge >= 0.3 is 0 Å². The molecule has 2 nitrogen and oxygen atoms in total. The topological polar surface area (TPSA) is 24.9 Å². The maximum Gasteiger partial charge on any atom is 0.129 e. The van der Waals surface area contributed by atoms with E-state index in [1.165, 1.54) is 6.07 Å². The molecule has 2 rings (SSSR count). The molecule has 1 atom stereocenters. The quantitative estimate of drug-likeness (QED) is 0.903. The van der Waals surface area contributed by atoms with Crippen molar-refractivity contribution in [3.8, 4) is 0 Å². The summed E-state index contributed by atoms with van der Waals surface area (Å²) in [5, 5.41) is 3.71. The monoisotopic (exact) mass is 284 g/mol. The highest BCUT2D eigenvalue weighted by molar-refractivity contribution is 7.09. The first-order chi connectivity index (χ1) is 8.70. The van der Waals surface area contributed by atoms with Crippen LogP contribution in [0, 0.1) is 5.82 Å². The van der Waals surface area contributed by atoms with E-state index >= 15 is 0 Å². The van der Waals surface area contributed by atoms with Gasteiger partial charge in [-0.15, -0.1) is 11.3 Å². The van der Waals surface area contributed by atoms with E-state index in [4.69, 9.17) is 11.6 Å². The van der Waals surface area contributed by atoms with Gasteiger partial charge in [0, 0.05) is 34.1 Å². The molecule has 2 aromatic rings. The number of nitrogens with one attached hydrogen (secondary N) is 1. The van der Waals surface area contributed by atoms with Crippen molar-refractivity contribution in [2.75, 3.05) is 6.54 Å². The molecule has 0 amide bonds. The van der Waals surface area contributed by atoms with Gasteiger partial charge in [-0.05, 0) is 18.7 Å². The number of hydrogen-bond donors (Lipinski definition) is 1. The summed E-state index contributed by atoms with van der Waals surface area (Å²) >= 11 is 7.35. The third kappa shape index (κ3) is 3.28. The van der Waals surface area contributed by atoms with E-state index < -0.39 is 0 Å². The zero-order valence-electron chi connectivity index (χ0n) is 9.99. The Morgan fingerprint density at radius 2 is 2.33 bits per heavy atom. The molecule has 0 radical (unpaired) electrons. The van der Waals surface area contributed by atoms with Gasteiger partial charge in [0.1, 0.15) is 5.82 Å². The Balaban J connectivity index is 2.23. The lowest BCUT2D eigenvalue weighted by molar-refractivity contribution is 0.512. The standard InChI is InChI=1S/C13H14ClFN2S/c1-2-17-13(6-10-7-16-8-18-10)11-4-3-9(14)5-12(11)15/h3-5,7-8,13,17H,2,6H2,1H3. The first-order valence-corrected chi connectivity index (χ1v) is 7.02. The summed E-state index contributed by atoms with van der Waals surface area (Å²) < 4.78 is 13.9. The van der Waals surface area contributed by atoms with E-state index in [-0.39, 0.29) is 11.9 Å². The summed E-state index contributed by atoms with van der Waals surface area (Å²) in [6.07, 6.45) is 2.56. The zero-order valence-corrected chi connectivity index (χ0v) is 11.6. The summed E-state index contributed by atoms with van der Waals surface area (Å²) in [6, 6.07) is 4.77. The lowest BCUT2D eigenvalue weighted by atomic mass is 10.0. The molecule has 0 fully saturated rings. The van der Waals surface area contributed by atoms with Gasteiger partial charge in [-0.25, -0.2) is 4.39 Å². The molecule has 18 heavy (non-hydrogen) atoms. The van der Waals surface area contributed by atoms with Crippen molar-refractivity contribution in [2.45, 2.75) is 19.4 Å². The Kier molecular flexibility index (Phi) is 4.69. The second kappa shape index (κ2) is 6.27. The average molecular weight is 285 g/mol. The van der Waals surface area contributed by atoms with Crippen LogP contribution in [0.5, 0.6) is 0 Å². The number of aromatic nitrogens is 1. The molecule has 0 aliphatic rings. The number of rotatable bonds is 5. The van der Waals surface area contributed by atoms with Gasteiger partial charge in [-0.1, -0.05) is 24.6 Å². The predicted molar refractivity (Wildman–Crippen MR) is 73.6 cm³/mol. The number of hydrogen-bond acceptors (Lipinski definition) is 3. The van der Waals surface area contributed by atoms with E-state index in [1.54, 1.807) is 29.0 Å². The molecule has 0 bridgehead atoms. The summed E-state index contributed by atoms with van der Waals surface area (Å²) in [5.41, 5.74) is 2.44. The minimum absolute atomic E-state index is 0.0484. The molecule has 1 heterocycles. The summed E-state index contributed by atoms with van der Waals surface area (Å²) in [4.78, 5) is 5.18. The Morgan fingerprint density at radius 1 is 1.50 bits per heavy atom. The Hall–Kier alpha value is -0.970. The summed E-state index contributed by atoms with van der Waals surface area (Å²) in [7, 11) is 0. The van der Waals surface area contributed by atoms with Crippen LogP contribution in [0.3, 0.4) is 0 Å². The third-order valence-electron chi connectivity index (χ3n) is 2.68. The molecular formula is C13H14ClFN2S. The third-order valence-corrected chi connectivity index (χ3v) is 3.71. The molecule has 0 aliphatic carbocycles. The van der Waals surface area contributed by atoms with E-state index in [9.17, 15) is 4.39 Å². The molecule has 0 spiro atoms. The van der Waals surface area contributed by atoms with Gasteiger partial charge < -0.3 is 5.32 Å². The zero-order chi connectivity index (χ0) is 13.0. The Labute approximate surface area is 115 Å². The second-order valence-electron chi connectivity index (χ2n) is 3.95. The fourth-order valence-corrected chi connectivity index (χ4v) is 2.67. The fourth-order valence-electron chi connectivity index (χ4n) is 1.87. The SMILES string of the molecule is CCNC(Cc1cncs1)c1ccc(Cl)cc1F. The van der Waals surface area contributed by atoms with Gasteiger partial charge in [0.05, 0.1) is 5.51 Å². The lowest BCUT2D eigenvalue weighted by Gasteiger charge is -2.18. The molecule has 0 saturated heterocycles. The number of nitrogens with zero attached hydrogens (tertiary/aromatic N) is 1. The highest BCUT2D eigenvalue weighted by Crippen LogP contribution is 2.24. The van der Waals surface area contributed by atoms with Crippen LogP contribution in [0.1, 0.15) is 23.4 Å². The predicted octanol–water partition coefficient (Wildman–Crippen LogP) is 3.83. The van der Waals surface area contributed by atoms with Crippen molar-refractivity contribution in [3.63, 3.8) is 0 Å². The molecular weight excluding hydrogens is 271 g/mol. The van der Waals surface area contributed by atoms with Crippen molar-refractivity contribution in [1.29, 1.82) is 0 Å². The molecule has 96 valence electrons. The summed E-state index contributed by atoms with van der Waals surface area (Å²) in [6.45, 7) is 2.79. The van der Waals surface area contributed by atoms with E-state index in [2.05, 4.69) is 10.3 Å². The van der Waals surface area contributed by atoms with Gasteiger partial charge in [0.25, 0.3) is 0 Å². The van der Waals surface area contributed by atoms with Crippen LogP contribution in [-0.4, -0.2) is 11.5 Å². The van der Waals surface area contributed by atoms with Crippen LogP contribution >= 0.6 is 22.9 Å². The van der Waals surface area contributed by atoms with E-state index in [0.29, 0.717) is 10.6 Å². The smallest absolute Gasteiger partial charge is 0.129 e. The number of halogens is 2. The van der Waals surface area contributed by atoms with Crippen LogP contribution in [0.15, 0.2) is 29.9 Å².